The third kappa shape index (κ3) is 4.53. The second kappa shape index (κ2) is 7.47. The van der Waals surface area contributed by atoms with E-state index in [0.29, 0.717) is 5.13 Å². The van der Waals surface area contributed by atoms with Crippen LogP contribution in [0.4, 0.5) is 5.13 Å². The summed E-state index contributed by atoms with van der Waals surface area (Å²) in [6.07, 6.45) is -0.107. The fourth-order valence-electron chi connectivity index (χ4n) is 2.14. The molecule has 2 heterocycles. The number of rotatable bonds is 6. The number of hydrogen-bond acceptors (Lipinski definition) is 6. The molecule has 0 radical (unpaired) electrons. The van der Waals surface area contributed by atoms with Crippen LogP contribution in [-0.4, -0.2) is 25.1 Å². The molecular weight excluding hydrogens is 376 g/mol. The summed E-state index contributed by atoms with van der Waals surface area (Å²) >= 11 is 2.89. The average molecular weight is 393 g/mol. The van der Waals surface area contributed by atoms with Crippen LogP contribution in [0.25, 0.3) is 10.6 Å². The fraction of sp³-hybridized carbons (Fsp3) is 0.176. The topological polar surface area (TPSA) is 76.1 Å². The lowest BCUT2D eigenvalue weighted by Gasteiger charge is -2.05. The molecule has 25 heavy (non-hydrogen) atoms. The van der Waals surface area contributed by atoms with E-state index in [1.165, 1.54) is 11.3 Å². The van der Waals surface area contributed by atoms with Gasteiger partial charge >= 0.3 is 0 Å². The van der Waals surface area contributed by atoms with E-state index in [0.717, 1.165) is 16.1 Å². The quantitative estimate of drug-likeness (QED) is 0.688. The van der Waals surface area contributed by atoms with Crippen LogP contribution in [0.2, 0.25) is 0 Å². The number of carbonyl (C=O) groups is 1. The van der Waals surface area contributed by atoms with Crippen LogP contribution in [-0.2, 0) is 14.6 Å². The SMILES string of the molecule is Cc1ccc(S(=O)(=O)CCC(=O)Nc2nc(-c3cccs3)cs2)cc1. The number of carbonyl (C=O) groups excluding carboxylic acids is 1. The smallest absolute Gasteiger partial charge is 0.227 e. The van der Waals surface area contributed by atoms with Gasteiger partial charge in [0.2, 0.25) is 5.91 Å². The van der Waals surface area contributed by atoms with E-state index >= 15 is 0 Å². The van der Waals surface area contributed by atoms with Gasteiger partial charge in [-0.1, -0.05) is 23.8 Å². The van der Waals surface area contributed by atoms with Gasteiger partial charge in [0.25, 0.3) is 0 Å². The van der Waals surface area contributed by atoms with Gasteiger partial charge in [0.15, 0.2) is 15.0 Å². The Balaban J connectivity index is 1.58. The van der Waals surface area contributed by atoms with E-state index in [4.69, 9.17) is 0 Å². The van der Waals surface area contributed by atoms with Crippen molar-refractivity contribution in [1.29, 1.82) is 0 Å². The third-order valence-electron chi connectivity index (χ3n) is 3.50. The first-order chi connectivity index (χ1) is 11.9. The molecule has 130 valence electrons. The Morgan fingerprint density at radius 1 is 1.16 bits per heavy atom. The molecule has 0 saturated heterocycles. The first-order valence-electron chi connectivity index (χ1n) is 7.53. The summed E-state index contributed by atoms with van der Waals surface area (Å²) in [5, 5.41) is 6.97. The predicted molar refractivity (Wildman–Crippen MR) is 102 cm³/mol. The molecule has 1 aromatic carbocycles. The third-order valence-corrected chi connectivity index (χ3v) is 6.88. The summed E-state index contributed by atoms with van der Waals surface area (Å²) in [6.45, 7) is 1.89. The van der Waals surface area contributed by atoms with Gasteiger partial charge in [0.1, 0.15) is 0 Å². The van der Waals surface area contributed by atoms with Gasteiger partial charge in [0, 0.05) is 11.8 Å². The van der Waals surface area contributed by atoms with E-state index < -0.39 is 9.84 Å². The first kappa shape index (κ1) is 17.8. The van der Waals surface area contributed by atoms with Gasteiger partial charge in [-0.2, -0.15) is 0 Å². The normalized spacial score (nSPS) is 11.4. The van der Waals surface area contributed by atoms with Crippen molar-refractivity contribution >= 4 is 43.5 Å². The average Bonchev–Trinajstić information content (AvgIpc) is 3.25. The molecule has 0 aliphatic rings. The Morgan fingerprint density at radius 3 is 2.60 bits per heavy atom. The van der Waals surface area contributed by atoms with Gasteiger partial charge in [-0.3, -0.25) is 4.79 Å². The van der Waals surface area contributed by atoms with Crippen LogP contribution in [0.3, 0.4) is 0 Å². The molecule has 0 saturated carbocycles. The largest absolute Gasteiger partial charge is 0.302 e. The lowest BCUT2D eigenvalue weighted by Crippen LogP contribution is -2.17. The molecule has 0 fully saturated rings. The van der Waals surface area contributed by atoms with Crippen LogP contribution in [0, 0.1) is 6.92 Å². The van der Waals surface area contributed by atoms with E-state index in [-0.39, 0.29) is 23.0 Å². The van der Waals surface area contributed by atoms with Gasteiger partial charge in [-0.25, -0.2) is 13.4 Å². The van der Waals surface area contributed by atoms with Gasteiger partial charge < -0.3 is 5.32 Å². The molecule has 1 N–H and O–H groups in total. The number of thiazole rings is 1. The van der Waals surface area contributed by atoms with Gasteiger partial charge in [-0.15, -0.1) is 22.7 Å². The summed E-state index contributed by atoms with van der Waals surface area (Å²) in [6, 6.07) is 10.5. The minimum absolute atomic E-state index is 0.107. The molecular formula is C17H16N2O3S3. The highest BCUT2D eigenvalue weighted by atomic mass is 32.2. The Bertz CT molecular complexity index is 959. The van der Waals surface area contributed by atoms with E-state index in [1.54, 1.807) is 35.6 Å². The Morgan fingerprint density at radius 2 is 1.92 bits per heavy atom. The Kier molecular flexibility index (Phi) is 5.31. The van der Waals surface area contributed by atoms with Crippen molar-refractivity contribution in [3.8, 4) is 10.6 Å². The summed E-state index contributed by atoms with van der Waals surface area (Å²) in [4.78, 5) is 17.6. The zero-order valence-corrected chi connectivity index (χ0v) is 15.9. The number of anilines is 1. The van der Waals surface area contributed by atoms with Gasteiger partial charge in [0.05, 0.1) is 21.2 Å². The standard InChI is InChI=1S/C17H16N2O3S3/c1-12-4-6-13(7-5-12)25(21,22)10-8-16(20)19-17-18-14(11-24-17)15-3-2-9-23-15/h2-7,9,11H,8,10H2,1H3,(H,18,19,20). The summed E-state index contributed by atoms with van der Waals surface area (Å²) in [7, 11) is -3.47. The molecule has 0 atom stereocenters. The number of thiophene rings is 1. The second-order valence-corrected chi connectivity index (χ2v) is 9.36. The molecule has 0 spiro atoms. The maximum absolute atomic E-state index is 12.3. The zero-order valence-electron chi connectivity index (χ0n) is 13.4. The number of hydrogen-bond donors (Lipinski definition) is 1. The van der Waals surface area contributed by atoms with Crippen molar-refractivity contribution in [3.05, 3.63) is 52.7 Å². The molecule has 2 aromatic heterocycles. The maximum Gasteiger partial charge on any atom is 0.227 e. The first-order valence-corrected chi connectivity index (χ1v) is 10.9. The van der Waals surface area contributed by atoms with E-state index in [1.807, 2.05) is 29.8 Å². The molecule has 5 nitrogen and oxygen atoms in total. The Labute approximate surface area is 154 Å². The monoisotopic (exact) mass is 392 g/mol. The van der Waals surface area contributed by atoms with Crippen molar-refractivity contribution in [3.63, 3.8) is 0 Å². The number of nitrogens with one attached hydrogen (secondary N) is 1. The molecule has 8 heteroatoms. The number of nitrogens with zero attached hydrogens (tertiary/aromatic N) is 1. The molecule has 0 aliphatic heterocycles. The van der Waals surface area contributed by atoms with Crippen molar-refractivity contribution in [2.75, 3.05) is 11.1 Å². The molecule has 0 aliphatic carbocycles. The van der Waals surface area contributed by atoms with Crippen molar-refractivity contribution < 1.29 is 13.2 Å². The lowest BCUT2D eigenvalue weighted by molar-refractivity contribution is -0.115. The van der Waals surface area contributed by atoms with Gasteiger partial charge in [-0.05, 0) is 30.5 Å². The molecule has 1 amide bonds. The number of aryl methyl sites for hydroxylation is 1. The van der Waals surface area contributed by atoms with Crippen molar-refractivity contribution in [2.45, 2.75) is 18.2 Å². The highest BCUT2D eigenvalue weighted by Crippen LogP contribution is 2.28. The van der Waals surface area contributed by atoms with Crippen LogP contribution >= 0.6 is 22.7 Å². The highest BCUT2D eigenvalue weighted by Gasteiger charge is 2.17. The summed E-state index contributed by atoms with van der Waals surface area (Å²) in [5.41, 5.74) is 1.80. The molecule has 0 bridgehead atoms. The fourth-order valence-corrected chi connectivity index (χ4v) is 4.87. The molecule has 0 unspecified atom stereocenters. The number of benzene rings is 1. The Hall–Kier alpha value is -2.03. The van der Waals surface area contributed by atoms with Crippen LogP contribution < -0.4 is 5.32 Å². The van der Waals surface area contributed by atoms with Crippen LogP contribution in [0.1, 0.15) is 12.0 Å². The maximum atomic E-state index is 12.3. The minimum atomic E-state index is -3.47. The molecule has 3 aromatic rings. The van der Waals surface area contributed by atoms with E-state index in [2.05, 4.69) is 10.3 Å². The molecule has 3 rings (SSSR count). The van der Waals surface area contributed by atoms with Crippen molar-refractivity contribution in [2.24, 2.45) is 0 Å². The van der Waals surface area contributed by atoms with Crippen LogP contribution in [0.15, 0.2) is 52.1 Å². The lowest BCUT2D eigenvalue weighted by atomic mass is 10.2. The number of aromatic nitrogens is 1. The minimum Gasteiger partial charge on any atom is -0.302 e. The zero-order chi connectivity index (χ0) is 17.9. The number of sulfone groups is 1. The highest BCUT2D eigenvalue weighted by molar-refractivity contribution is 7.91. The second-order valence-electron chi connectivity index (χ2n) is 5.45. The summed E-state index contributed by atoms with van der Waals surface area (Å²) < 4.78 is 24.5. The van der Waals surface area contributed by atoms with E-state index in [9.17, 15) is 13.2 Å². The predicted octanol–water partition coefficient (Wildman–Crippen LogP) is 3.98. The number of amides is 1. The van der Waals surface area contributed by atoms with Crippen molar-refractivity contribution in [1.82, 2.24) is 4.98 Å². The van der Waals surface area contributed by atoms with Crippen LogP contribution in [0.5, 0.6) is 0 Å². The summed E-state index contributed by atoms with van der Waals surface area (Å²) in [5.74, 6) is -0.590.